The molecule has 1 amide bonds. The van der Waals surface area contributed by atoms with Gasteiger partial charge in [-0.05, 0) is 20.8 Å². The summed E-state index contributed by atoms with van der Waals surface area (Å²) in [6.45, 7) is 6.19. The van der Waals surface area contributed by atoms with E-state index in [9.17, 15) is 4.79 Å². The smallest absolute Gasteiger partial charge is 0.222 e. The molecular formula is C12H21NO5. The number of carbonyl (C=O) groups excluding carboxylic acids is 1. The van der Waals surface area contributed by atoms with Crippen molar-refractivity contribution in [2.45, 2.75) is 57.6 Å². The fourth-order valence-corrected chi connectivity index (χ4v) is 2.45. The third-order valence-electron chi connectivity index (χ3n) is 3.10. The molecule has 0 unspecified atom stereocenters. The van der Waals surface area contributed by atoms with Crippen LogP contribution in [-0.2, 0) is 23.7 Å². The molecule has 0 aromatic carbocycles. The quantitative estimate of drug-likeness (QED) is 0.792. The fourth-order valence-electron chi connectivity index (χ4n) is 2.45. The van der Waals surface area contributed by atoms with Crippen LogP contribution < -0.4 is 5.32 Å². The number of carbonyl (C=O) groups is 1. The molecule has 0 aromatic rings. The highest BCUT2D eigenvalue weighted by atomic mass is 16.8. The van der Waals surface area contributed by atoms with E-state index in [0.29, 0.717) is 6.54 Å². The lowest BCUT2D eigenvalue weighted by Crippen LogP contribution is -2.35. The molecule has 1 N–H and O–H groups in total. The van der Waals surface area contributed by atoms with Crippen molar-refractivity contribution in [3.63, 3.8) is 0 Å². The standard InChI is InChI=1S/C12H21NO5/c1-5-13-8(14)6-7-9-10(11(15-4)16-7)18-12(2,3)17-9/h7,9-11H,5-6H2,1-4H3,(H,13,14)/t7-,9+,10+,11+/m0/s1. The molecule has 2 aliphatic rings. The summed E-state index contributed by atoms with van der Waals surface area (Å²) in [6, 6.07) is 0. The van der Waals surface area contributed by atoms with Crippen LogP contribution in [0, 0.1) is 0 Å². The minimum atomic E-state index is -0.657. The second-order valence-electron chi connectivity index (χ2n) is 5.00. The number of nitrogens with one attached hydrogen (secondary N) is 1. The van der Waals surface area contributed by atoms with Gasteiger partial charge in [0.2, 0.25) is 5.91 Å². The lowest BCUT2D eigenvalue weighted by molar-refractivity contribution is -0.227. The maximum absolute atomic E-state index is 11.6. The lowest BCUT2D eigenvalue weighted by Gasteiger charge is -2.23. The number of hydrogen-bond donors (Lipinski definition) is 1. The maximum Gasteiger partial charge on any atom is 0.222 e. The molecule has 2 saturated heterocycles. The maximum atomic E-state index is 11.6. The summed E-state index contributed by atoms with van der Waals surface area (Å²) in [5.74, 6) is -0.707. The molecule has 104 valence electrons. The Morgan fingerprint density at radius 2 is 2.00 bits per heavy atom. The van der Waals surface area contributed by atoms with Crippen LogP contribution in [0.4, 0.5) is 0 Å². The highest BCUT2D eigenvalue weighted by molar-refractivity contribution is 5.76. The molecule has 0 saturated carbocycles. The predicted molar refractivity (Wildman–Crippen MR) is 62.8 cm³/mol. The van der Waals surface area contributed by atoms with Crippen LogP contribution in [0.5, 0.6) is 0 Å². The van der Waals surface area contributed by atoms with Gasteiger partial charge in [-0.1, -0.05) is 0 Å². The molecule has 2 fully saturated rings. The van der Waals surface area contributed by atoms with E-state index in [1.165, 1.54) is 0 Å². The van der Waals surface area contributed by atoms with Crippen molar-refractivity contribution in [1.82, 2.24) is 5.32 Å². The summed E-state index contributed by atoms with van der Waals surface area (Å²) < 4.78 is 22.4. The largest absolute Gasteiger partial charge is 0.356 e. The van der Waals surface area contributed by atoms with E-state index in [4.69, 9.17) is 18.9 Å². The van der Waals surface area contributed by atoms with Gasteiger partial charge in [-0.3, -0.25) is 4.79 Å². The molecular weight excluding hydrogens is 238 g/mol. The Morgan fingerprint density at radius 1 is 1.33 bits per heavy atom. The highest BCUT2D eigenvalue weighted by Crippen LogP contribution is 2.39. The minimum Gasteiger partial charge on any atom is -0.356 e. The molecule has 0 bridgehead atoms. The van der Waals surface area contributed by atoms with Gasteiger partial charge in [0.25, 0.3) is 0 Å². The van der Waals surface area contributed by atoms with Gasteiger partial charge >= 0.3 is 0 Å². The Morgan fingerprint density at radius 3 is 2.61 bits per heavy atom. The van der Waals surface area contributed by atoms with Crippen LogP contribution in [0.1, 0.15) is 27.2 Å². The number of methoxy groups -OCH3 is 1. The molecule has 6 nitrogen and oxygen atoms in total. The first-order valence-electron chi connectivity index (χ1n) is 6.27. The second kappa shape index (κ2) is 5.13. The monoisotopic (exact) mass is 259 g/mol. The van der Waals surface area contributed by atoms with Crippen molar-refractivity contribution in [3.8, 4) is 0 Å². The number of amides is 1. The molecule has 0 aliphatic carbocycles. The third kappa shape index (κ3) is 2.66. The number of rotatable bonds is 4. The van der Waals surface area contributed by atoms with Crippen molar-refractivity contribution in [1.29, 1.82) is 0 Å². The Labute approximate surface area is 107 Å². The normalized spacial score (nSPS) is 37.6. The first-order valence-corrected chi connectivity index (χ1v) is 6.27. The number of fused-ring (bicyclic) bond motifs is 1. The van der Waals surface area contributed by atoms with E-state index in [-0.39, 0.29) is 30.6 Å². The summed E-state index contributed by atoms with van der Waals surface area (Å²) in [6.07, 6.45) is -1.07. The summed E-state index contributed by atoms with van der Waals surface area (Å²) in [5, 5.41) is 2.75. The van der Waals surface area contributed by atoms with Crippen LogP contribution in [-0.4, -0.2) is 50.0 Å². The van der Waals surface area contributed by atoms with Crippen LogP contribution in [0.3, 0.4) is 0 Å². The molecule has 2 heterocycles. The van der Waals surface area contributed by atoms with Crippen molar-refractivity contribution >= 4 is 5.91 Å². The average molecular weight is 259 g/mol. The molecule has 0 aromatic heterocycles. The van der Waals surface area contributed by atoms with Crippen LogP contribution in [0.25, 0.3) is 0 Å². The molecule has 2 aliphatic heterocycles. The topological polar surface area (TPSA) is 66.0 Å². The fraction of sp³-hybridized carbons (Fsp3) is 0.917. The first kappa shape index (κ1) is 13.7. The Hall–Kier alpha value is -0.690. The zero-order valence-corrected chi connectivity index (χ0v) is 11.3. The van der Waals surface area contributed by atoms with Gasteiger partial charge in [-0.15, -0.1) is 0 Å². The second-order valence-corrected chi connectivity index (χ2v) is 5.00. The van der Waals surface area contributed by atoms with Crippen LogP contribution in [0.15, 0.2) is 0 Å². The molecule has 2 rings (SSSR count). The first-order chi connectivity index (χ1) is 8.46. The van der Waals surface area contributed by atoms with Gasteiger partial charge in [0.15, 0.2) is 12.1 Å². The summed E-state index contributed by atoms with van der Waals surface area (Å²) in [7, 11) is 1.56. The molecule has 18 heavy (non-hydrogen) atoms. The van der Waals surface area contributed by atoms with Gasteiger partial charge in [-0.25, -0.2) is 0 Å². The van der Waals surface area contributed by atoms with E-state index < -0.39 is 12.1 Å². The van der Waals surface area contributed by atoms with Gasteiger partial charge < -0.3 is 24.3 Å². The van der Waals surface area contributed by atoms with E-state index in [2.05, 4.69) is 5.32 Å². The lowest BCUT2D eigenvalue weighted by atomic mass is 10.1. The van der Waals surface area contributed by atoms with Gasteiger partial charge in [0, 0.05) is 13.7 Å². The highest BCUT2D eigenvalue weighted by Gasteiger charge is 2.55. The van der Waals surface area contributed by atoms with Gasteiger partial charge in [-0.2, -0.15) is 0 Å². The number of hydrogen-bond acceptors (Lipinski definition) is 5. The SMILES string of the molecule is CCNC(=O)C[C@@H]1O[C@@H](OC)[C@@H]2OC(C)(C)O[C@@H]21. The Bertz CT molecular complexity index is 320. The predicted octanol–water partition coefficient (Wildman–Crippen LogP) is 0.404. The third-order valence-corrected chi connectivity index (χ3v) is 3.10. The van der Waals surface area contributed by atoms with Crippen molar-refractivity contribution in [2.24, 2.45) is 0 Å². The van der Waals surface area contributed by atoms with E-state index in [1.807, 2.05) is 20.8 Å². The van der Waals surface area contributed by atoms with Crippen molar-refractivity contribution in [2.75, 3.05) is 13.7 Å². The molecule has 0 spiro atoms. The molecule has 0 radical (unpaired) electrons. The zero-order chi connectivity index (χ0) is 13.3. The van der Waals surface area contributed by atoms with Crippen molar-refractivity contribution in [3.05, 3.63) is 0 Å². The zero-order valence-electron chi connectivity index (χ0n) is 11.3. The van der Waals surface area contributed by atoms with E-state index in [1.54, 1.807) is 7.11 Å². The Balaban J connectivity index is 2.02. The van der Waals surface area contributed by atoms with Crippen LogP contribution >= 0.6 is 0 Å². The molecule has 6 heteroatoms. The van der Waals surface area contributed by atoms with E-state index in [0.717, 1.165) is 0 Å². The average Bonchev–Trinajstić information content (AvgIpc) is 2.74. The van der Waals surface area contributed by atoms with Crippen LogP contribution in [0.2, 0.25) is 0 Å². The van der Waals surface area contributed by atoms with E-state index >= 15 is 0 Å². The van der Waals surface area contributed by atoms with Crippen molar-refractivity contribution < 1.29 is 23.7 Å². The summed E-state index contributed by atoms with van der Waals surface area (Å²) in [4.78, 5) is 11.6. The molecule has 4 atom stereocenters. The van der Waals surface area contributed by atoms with Gasteiger partial charge in [0.1, 0.15) is 12.2 Å². The van der Waals surface area contributed by atoms with Gasteiger partial charge in [0.05, 0.1) is 12.5 Å². The summed E-state index contributed by atoms with van der Waals surface area (Å²) >= 11 is 0. The number of ether oxygens (including phenoxy) is 4. The summed E-state index contributed by atoms with van der Waals surface area (Å²) in [5.41, 5.74) is 0. The minimum absolute atomic E-state index is 0.0497. The Kier molecular flexibility index (Phi) is 3.91.